The van der Waals surface area contributed by atoms with Crippen molar-refractivity contribution in [2.24, 2.45) is 0 Å². The molecule has 0 aliphatic carbocycles. The van der Waals surface area contributed by atoms with Gasteiger partial charge in [0, 0.05) is 13.0 Å². The number of rotatable bonds is 6. The maximum absolute atomic E-state index is 11.1. The lowest BCUT2D eigenvalue weighted by molar-refractivity contribution is -0.121. The summed E-state index contributed by atoms with van der Waals surface area (Å²) in [5, 5.41) is 11.3. The molecule has 1 aromatic carbocycles. The first-order chi connectivity index (χ1) is 8.11. The topological polar surface area (TPSA) is 58.6 Å². The number of ether oxygens (including phenoxy) is 1. The van der Waals surface area contributed by atoms with Gasteiger partial charge in [-0.25, -0.2) is 0 Å². The monoisotopic (exact) mass is 237 g/mol. The Hall–Kier alpha value is -1.55. The summed E-state index contributed by atoms with van der Waals surface area (Å²) in [6.07, 6.45) is 0.305. The predicted molar refractivity (Wildman–Crippen MR) is 65.8 cm³/mol. The van der Waals surface area contributed by atoms with Crippen molar-refractivity contribution in [3.63, 3.8) is 0 Å². The molecule has 0 atom stereocenters. The molecule has 2 N–H and O–H groups in total. The number of hydrogen-bond acceptors (Lipinski definition) is 3. The van der Waals surface area contributed by atoms with E-state index in [1.54, 1.807) is 0 Å². The standard InChI is InChI=1S/C13H19NO3/c1-10(2)17-12-5-3-11(4-6-12)9-14-13(16)7-8-15/h3-6,10,15H,7-9H2,1-2H3,(H,14,16). The van der Waals surface area contributed by atoms with Gasteiger partial charge in [-0.2, -0.15) is 0 Å². The molecule has 0 aliphatic rings. The fraction of sp³-hybridized carbons (Fsp3) is 0.462. The van der Waals surface area contributed by atoms with Crippen LogP contribution in [0.2, 0.25) is 0 Å². The molecule has 1 amide bonds. The number of aliphatic hydroxyl groups is 1. The Labute approximate surface area is 102 Å². The number of carbonyl (C=O) groups excluding carboxylic acids is 1. The van der Waals surface area contributed by atoms with Gasteiger partial charge >= 0.3 is 0 Å². The summed E-state index contributed by atoms with van der Waals surface area (Å²) >= 11 is 0. The number of hydrogen-bond donors (Lipinski definition) is 2. The Kier molecular flexibility index (Phi) is 5.49. The van der Waals surface area contributed by atoms with E-state index in [0.717, 1.165) is 11.3 Å². The largest absolute Gasteiger partial charge is 0.491 e. The maximum Gasteiger partial charge on any atom is 0.222 e. The average molecular weight is 237 g/mol. The number of benzene rings is 1. The van der Waals surface area contributed by atoms with Gasteiger partial charge < -0.3 is 15.2 Å². The van der Waals surface area contributed by atoms with Crippen LogP contribution in [0.25, 0.3) is 0 Å². The zero-order chi connectivity index (χ0) is 12.7. The Morgan fingerprint density at radius 2 is 2.00 bits per heavy atom. The molecule has 4 heteroatoms. The summed E-state index contributed by atoms with van der Waals surface area (Å²) in [5.74, 6) is 0.681. The molecule has 0 spiro atoms. The summed E-state index contributed by atoms with van der Waals surface area (Å²) in [4.78, 5) is 11.1. The van der Waals surface area contributed by atoms with Crippen LogP contribution in [0.1, 0.15) is 25.8 Å². The van der Waals surface area contributed by atoms with Crippen molar-refractivity contribution in [3.05, 3.63) is 29.8 Å². The third-order valence-electron chi connectivity index (χ3n) is 2.12. The zero-order valence-electron chi connectivity index (χ0n) is 10.3. The highest BCUT2D eigenvalue weighted by Crippen LogP contribution is 2.13. The molecule has 0 saturated heterocycles. The predicted octanol–water partition coefficient (Wildman–Crippen LogP) is 1.47. The Morgan fingerprint density at radius 3 is 2.53 bits per heavy atom. The first kappa shape index (κ1) is 13.5. The van der Waals surface area contributed by atoms with Crippen molar-refractivity contribution in [2.75, 3.05) is 6.61 Å². The smallest absolute Gasteiger partial charge is 0.222 e. The molecular formula is C13H19NO3. The second kappa shape index (κ2) is 6.91. The van der Waals surface area contributed by atoms with E-state index in [1.807, 2.05) is 38.1 Å². The molecule has 0 fully saturated rings. The van der Waals surface area contributed by atoms with Crippen LogP contribution in [-0.2, 0) is 11.3 Å². The highest BCUT2D eigenvalue weighted by atomic mass is 16.5. The molecule has 0 unspecified atom stereocenters. The molecule has 0 aromatic heterocycles. The minimum absolute atomic E-state index is 0.118. The summed E-state index contributed by atoms with van der Waals surface area (Å²) in [6.45, 7) is 4.31. The lowest BCUT2D eigenvalue weighted by Gasteiger charge is -2.10. The zero-order valence-corrected chi connectivity index (χ0v) is 10.3. The first-order valence-electron chi connectivity index (χ1n) is 5.75. The third kappa shape index (κ3) is 5.36. The molecule has 0 bridgehead atoms. The third-order valence-corrected chi connectivity index (χ3v) is 2.12. The van der Waals surface area contributed by atoms with E-state index in [2.05, 4.69) is 5.32 Å². The lowest BCUT2D eigenvalue weighted by atomic mass is 10.2. The number of amides is 1. The number of nitrogens with one attached hydrogen (secondary N) is 1. The van der Waals surface area contributed by atoms with Gasteiger partial charge in [0.05, 0.1) is 12.7 Å². The van der Waals surface area contributed by atoms with Gasteiger partial charge in [-0.1, -0.05) is 12.1 Å². The summed E-state index contributed by atoms with van der Waals surface area (Å²) in [5.41, 5.74) is 1.01. The van der Waals surface area contributed by atoms with E-state index >= 15 is 0 Å². The normalized spacial score (nSPS) is 10.4. The van der Waals surface area contributed by atoms with Gasteiger partial charge in [-0.15, -0.1) is 0 Å². The van der Waals surface area contributed by atoms with Crippen LogP contribution in [-0.4, -0.2) is 23.7 Å². The quantitative estimate of drug-likeness (QED) is 0.787. The van der Waals surface area contributed by atoms with E-state index in [9.17, 15) is 4.79 Å². The van der Waals surface area contributed by atoms with Crippen LogP contribution in [0.5, 0.6) is 5.75 Å². The van der Waals surface area contributed by atoms with E-state index in [-0.39, 0.29) is 25.0 Å². The van der Waals surface area contributed by atoms with Crippen LogP contribution in [0.3, 0.4) is 0 Å². The molecule has 94 valence electrons. The number of aliphatic hydroxyl groups excluding tert-OH is 1. The van der Waals surface area contributed by atoms with E-state index in [1.165, 1.54) is 0 Å². The van der Waals surface area contributed by atoms with Gasteiger partial charge in [0.1, 0.15) is 5.75 Å². The molecule has 0 aliphatic heterocycles. The molecule has 1 rings (SSSR count). The Balaban J connectivity index is 2.42. The van der Waals surface area contributed by atoms with Crippen LogP contribution in [0.4, 0.5) is 0 Å². The van der Waals surface area contributed by atoms with E-state index < -0.39 is 0 Å². The van der Waals surface area contributed by atoms with Crippen LogP contribution in [0, 0.1) is 0 Å². The maximum atomic E-state index is 11.1. The van der Waals surface area contributed by atoms with E-state index in [4.69, 9.17) is 9.84 Å². The molecular weight excluding hydrogens is 218 g/mol. The molecule has 17 heavy (non-hydrogen) atoms. The fourth-order valence-electron chi connectivity index (χ4n) is 1.35. The SMILES string of the molecule is CC(C)Oc1ccc(CNC(=O)CCO)cc1. The van der Waals surface area contributed by atoms with Gasteiger partial charge in [0.25, 0.3) is 0 Å². The average Bonchev–Trinajstić information content (AvgIpc) is 2.28. The van der Waals surface area contributed by atoms with Crippen LogP contribution < -0.4 is 10.1 Å². The van der Waals surface area contributed by atoms with Crippen molar-refractivity contribution in [1.82, 2.24) is 5.32 Å². The minimum Gasteiger partial charge on any atom is -0.491 e. The van der Waals surface area contributed by atoms with Gasteiger partial charge in [0.2, 0.25) is 5.91 Å². The van der Waals surface area contributed by atoms with Gasteiger partial charge in [-0.3, -0.25) is 4.79 Å². The van der Waals surface area contributed by atoms with Gasteiger partial charge in [0.15, 0.2) is 0 Å². The Bertz CT molecular complexity index is 346. The molecule has 0 heterocycles. The van der Waals surface area contributed by atoms with E-state index in [0.29, 0.717) is 6.54 Å². The van der Waals surface area contributed by atoms with Crippen LogP contribution in [0.15, 0.2) is 24.3 Å². The minimum atomic E-state index is -0.144. The van der Waals surface area contributed by atoms with Crippen molar-refractivity contribution in [3.8, 4) is 5.75 Å². The Morgan fingerprint density at radius 1 is 1.35 bits per heavy atom. The molecule has 1 aromatic rings. The highest BCUT2D eigenvalue weighted by Gasteiger charge is 2.01. The molecule has 4 nitrogen and oxygen atoms in total. The van der Waals surface area contributed by atoms with Crippen molar-refractivity contribution in [1.29, 1.82) is 0 Å². The van der Waals surface area contributed by atoms with Crippen molar-refractivity contribution >= 4 is 5.91 Å². The highest BCUT2D eigenvalue weighted by molar-refractivity contribution is 5.75. The molecule has 0 saturated carbocycles. The second-order valence-electron chi connectivity index (χ2n) is 4.06. The molecule has 0 radical (unpaired) electrons. The summed E-state index contributed by atoms with van der Waals surface area (Å²) in [7, 11) is 0. The summed E-state index contributed by atoms with van der Waals surface area (Å²) in [6, 6.07) is 7.59. The second-order valence-corrected chi connectivity index (χ2v) is 4.06. The first-order valence-corrected chi connectivity index (χ1v) is 5.75. The van der Waals surface area contributed by atoms with Crippen LogP contribution >= 0.6 is 0 Å². The summed E-state index contributed by atoms with van der Waals surface area (Å²) < 4.78 is 5.51. The van der Waals surface area contributed by atoms with Gasteiger partial charge in [-0.05, 0) is 31.5 Å². The van der Waals surface area contributed by atoms with Crippen molar-refractivity contribution in [2.45, 2.75) is 32.9 Å². The lowest BCUT2D eigenvalue weighted by Crippen LogP contribution is -2.23. The number of carbonyl (C=O) groups is 1. The van der Waals surface area contributed by atoms with Crippen molar-refractivity contribution < 1.29 is 14.6 Å². The fourth-order valence-corrected chi connectivity index (χ4v) is 1.35.